The Morgan fingerprint density at radius 2 is 1.95 bits per heavy atom. The molecule has 0 amide bonds. The van der Waals surface area contributed by atoms with Crippen molar-refractivity contribution in [3.8, 4) is 11.4 Å². The first-order valence-corrected chi connectivity index (χ1v) is 5.64. The van der Waals surface area contributed by atoms with Gasteiger partial charge in [0.15, 0.2) is 0 Å². The molecular formula is C13H6N4O2. The molecule has 3 aromatic rings. The van der Waals surface area contributed by atoms with E-state index in [0.717, 1.165) is 0 Å². The predicted octanol–water partition coefficient (Wildman–Crippen LogP) is 1.17. The van der Waals surface area contributed by atoms with Crippen LogP contribution in [-0.4, -0.2) is 30.9 Å². The minimum atomic E-state index is -0.589. The summed E-state index contributed by atoms with van der Waals surface area (Å²) >= 11 is 0. The van der Waals surface area contributed by atoms with Crippen molar-refractivity contribution >= 4 is 17.2 Å². The Hall–Kier alpha value is -2.89. The molecule has 0 bridgehead atoms. The summed E-state index contributed by atoms with van der Waals surface area (Å²) in [5.41, 5.74) is 1.95. The van der Waals surface area contributed by atoms with Crippen LogP contribution in [0.5, 0.6) is 0 Å². The monoisotopic (exact) mass is 250 g/mol. The lowest BCUT2D eigenvalue weighted by atomic mass is 9.95. The van der Waals surface area contributed by atoms with Crippen molar-refractivity contribution in [2.45, 2.75) is 0 Å². The number of carbonyl (C=O) groups is 2. The minimum absolute atomic E-state index is 0.211. The highest BCUT2D eigenvalue weighted by Gasteiger charge is 2.35. The maximum absolute atomic E-state index is 12.2. The number of nitrogens with zero attached hydrogens (tertiary/aromatic N) is 4. The summed E-state index contributed by atoms with van der Waals surface area (Å²) in [4.78, 5) is 36.5. The zero-order valence-corrected chi connectivity index (χ0v) is 9.57. The predicted molar refractivity (Wildman–Crippen MR) is 64.9 cm³/mol. The van der Waals surface area contributed by atoms with Crippen molar-refractivity contribution in [3.63, 3.8) is 0 Å². The number of hydrogen-bond acceptors (Lipinski definition) is 5. The molecule has 0 spiro atoms. The van der Waals surface area contributed by atoms with E-state index in [1.54, 1.807) is 22.7 Å². The number of ketones is 2. The van der Waals surface area contributed by atoms with Gasteiger partial charge < -0.3 is 0 Å². The first-order chi connectivity index (χ1) is 9.27. The van der Waals surface area contributed by atoms with Gasteiger partial charge in [-0.15, -0.1) is 0 Å². The Bertz CT molecular complexity index is 866. The molecule has 0 saturated carbocycles. The van der Waals surface area contributed by atoms with Crippen LogP contribution < -0.4 is 0 Å². The van der Waals surface area contributed by atoms with E-state index in [9.17, 15) is 9.59 Å². The summed E-state index contributed by atoms with van der Waals surface area (Å²) in [6.07, 6.45) is 4.41. The fraction of sp³-hybridized carbons (Fsp3) is 0. The number of carbonyl (C=O) groups excluding carboxylic acids is 2. The Morgan fingerprint density at radius 1 is 1.05 bits per heavy atom. The Morgan fingerprint density at radius 3 is 2.84 bits per heavy atom. The number of Topliss-reactive ketones (excluding diaryl/α,β-unsaturated/α-hetero) is 2. The molecule has 1 aliphatic carbocycles. The van der Waals surface area contributed by atoms with Crippen molar-refractivity contribution in [1.29, 1.82) is 0 Å². The van der Waals surface area contributed by atoms with E-state index in [-0.39, 0.29) is 11.3 Å². The highest BCUT2D eigenvalue weighted by atomic mass is 16.2. The zero-order valence-electron chi connectivity index (χ0n) is 9.57. The van der Waals surface area contributed by atoms with Crippen molar-refractivity contribution in [2.24, 2.45) is 0 Å². The molecule has 90 valence electrons. The van der Waals surface area contributed by atoms with Gasteiger partial charge in [0.05, 0.1) is 5.56 Å². The molecular weight excluding hydrogens is 244 g/mol. The molecule has 4 rings (SSSR count). The Kier molecular flexibility index (Phi) is 1.76. The van der Waals surface area contributed by atoms with Gasteiger partial charge in [-0.05, 0) is 12.1 Å². The van der Waals surface area contributed by atoms with Crippen LogP contribution in [0.4, 0.5) is 0 Å². The van der Waals surface area contributed by atoms with Crippen LogP contribution in [0.2, 0.25) is 0 Å². The number of hydrogen-bond donors (Lipinski definition) is 0. The molecule has 0 saturated heterocycles. The molecule has 6 heteroatoms. The van der Waals surface area contributed by atoms with Gasteiger partial charge in [0.25, 0.3) is 5.78 Å². The van der Waals surface area contributed by atoms with E-state index in [4.69, 9.17) is 0 Å². The van der Waals surface area contributed by atoms with Crippen LogP contribution >= 0.6 is 0 Å². The number of rotatable bonds is 0. The molecule has 0 unspecified atom stereocenters. The summed E-state index contributed by atoms with van der Waals surface area (Å²) in [5, 5.41) is 0. The van der Waals surface area contributed by atoms with Crippen molar-refractivity contribution < 1.29 is 9.59 Å². The van der Waals surface area contributed by atoms with Crippen LogP contribution in [0.3, 0.4) is 0 Å². The Labute approximate surface area is 106 Å². The van der Waals surface area contributed by atoms with Gasteiger partial charge in [0.1, 0.15) is 29.1 Å². The molecule has 0 atom stereocenters. The van der Waals surface area contributed by atoms with Crippen molar-refractivity contribution in [1.82, 2.24) is 19.4 Å². The molecule has 0 N–H and O–H groups in total. The third-order valence-corrected chi connectivity index (χ3v) is 3.13. The van der Waals surface area contributed by atoms with Crippen LogP contribution in [0, 0.1) is 0 Å². The van der Waals surface area contributed by atoms with Gasteiger partial charge in [0, 0.05) is 12.4 Å². The maximum atomic E-state index is 12.2. The SMILES string of the molecule is O=C1C(=O)c2c(nc3ccccn23)-c2ncncc21. The first-order valence-electron chi connectivity index (χ1n) is 5.64. The number of imidazole rings is 1. The van der Waals surface area contributed by atoms with Gasteiger partial charge in [-0.3, -0.25) is 14.0 Å². The fourth-order valence-corrected chi connectivity index (χ4v) is 2.29. The van der Waals surface area contributed by atoms with E-state index in [2.05, 4.69) is 15.0 Å². The molecule has 0 aromatic carbocycles. The van der Waals surface area contributed by atoms with Crippen molar-refractivity contribution in [2.75, 3.05) is 0 Å². The van der Waals surface area contributed by atoms with Gasteiger partial charge in [-0.1, -0.05) is 6.07 Å². The van der Waals surface area contributed by atoms with Gasteiger partial charge in [0.2, 0.25) is 5.78 Å². The Balaban J connectivity index is 2.20. The van der Waals surface area contributed by atoms with Gasteiger partial charge >= 0.3 is 0 Å². The number of pyridine rings is 1. The molecule has 19 heavy (non-hydrogen) atoms. The number of fused-ring (bicyclic) bond motifs is 5. The summed E-state index contributed by atoms with van der Waals surface area (Å²) in [5.74, 6) is -1.16. The second kappa shape index (κ2) is 3.32. The fourth-order valence-electron chi connectivity index (χ4n) is 2.29. The molecule has 0 fully saturated rings. The van der Waals surface area contributed by atoms with E-state index >= 15 is 0 Å². The minimum Gasteiger partial charge on any atom is -0.296 e. The normalized spacial score (nSPS) is 13.5. The standard InChI is InChI=1S/C13H6N4O2/c18-12-7-5-14-6-15-9(7)10-11(13(12)19)17-4-2-1-3-8(17)16-10/h1-6H. The second-order valence-corrected chi connectivity index (χ2v) is 4.18. The summed E-state index contributed by atoms with van der Waals surface area (Å²) in [6, 6.07) is 5.38. The third-order valence-electron chi connectivity index (χ3n) is 3.13. The maximum Gasteiger partial charge on any atom is 0.252 e. The molecule has 3 aromatic heterocycles. The van der Waals surface area contributed by atoms with E-state index in [0.29, 0.717) is 17.0 Å². The van der Waals surface area contributed by atoms with E-state index in [1.807, 2.05) is 6.07 Å². The summed E-state index contributed by atoms with van der Waals surface area (Å²) in [7, 11) is 0. The smallest absolute Gasteiger partial charge is 0.252 e. The summed E-state index contributed by atoms with van der Waals surface area (Å²) < 4.78 is 1.61. The van der Waals surface area contributed by atoms with E-state index in [1.165, 1.54) is 12.5 Å². The highest BCUT2D eigenvalue weighted by molar-refractivity contribution is 6.52. The quantitative estimate of drug-likeness (QED) is 0.560. The molecule has 1 aliphatic rings. The molecule has 0 radical (unpaired) electrons. The molecule has 6 nitrogen and oxygen atoms in total. The largest absolute Gasteiger partial charge is 0.296 e. The third kappa shape index (κ3) is 1.17. The molecule has 3 heterocycles. The lowest BCUT2D eigenvalue weighted by molar-refractivity contribution is 0.0811. The number of aromatic nitrogens is 4. The molecule has 0 aliphatic heterocycles. The van der Waals surface area contributed by atoms with E-state index < -0.39 is 11.6 Å². The first kappa shape index (κ1) is 10.1. The zero-order chi connectivity index (χ0) is 13.0. The average molecular weight is 250 g/mol. The average Bonchev–Trinajstić information content (AvgIpc) is 2.84. The topological polar surface area (TPSA) is 77.2 Å². The van der Waals surface area contributed by atoms with Crippen LogP contribution in [0.15, 0.2) is 36.9 Å². The highest BCUT2D eigenvalue weighted by Crippen LogP contribution is 2.31. The van der Waals surface area contributed by atoms with Crippen molar-refractivity contribution in [3.05, 3.63) is 48.2 Å². The van der Waals surface area contributed by atoms with Crippen LogP contribution in [-0.2, 0) is 0 Å². The van der Waals surface area contributed by atoms with Gasteiger partial charge in [-0.2, -0.15) is 0 Å². The van der Waals surface area contributed by atoms with Crippen LogP contribution in [0.25, 0.3) is 17.0 Å². The summed E-state index contributed by atoms with van der Waals surface area (Å²) in [6.45, 7) is 0. The lowest BCUT2D eigenvalue weighted by Gasteiger charge is -2.11. The van der Waals surface area contributed by atoms with Gasteiger partial charge in [-0.25, -0.2) is 15.0 Å². The van der Waals surface area contributed by atoms with Crippen LogP contribution in [0.1, 0.15) is 20.8 Å². The second-order valence-electron chi connectivity index (χ2n) is 4.18. The lowest BCUT2D eigenvalue weighted by Crippen LogP contribution is -2.23.